The van der Waals surface area contributed by atoms with Gasteiger partial charge in [-0.3, -0.25) is 0 Å². The smallest absolute Gasteiger partial charge is 0.381 e. The number of rotatable bonds is 11. The highest BCUT2D eigenvalue weighted by Crippen LogP contribution is 2.44. The monoisotopic (exact) mass is 1260 g/mol. The lowest BCUT2D eigenvalue weighted by Gasteiger charge is -2.49. The summed E-state index contributed by atoms with van der Waals surface area (Å²) in [6, 6.07) is 19.6. The second kappa shape index (κ2) is 22.4. The third-order valence-electron chi connectivity index (χ3n) is 10.5. The first-order chi connectivity index (χ1) is 34.9. The average molecular weight is 1260 g/mol. The molecule has 0 saturated heterocycles. The normalized spacial score (nSPS) is 12.6. The van der Waals surface area contributed by atoms with E-state index in [0.29, 0.717) is 0 Å². The van der Waals surface area contributed by atoms with Gasteiger partial charge in [-0.05, 0) is 31.2 Å². The van der Waals surface area contributed by atoms with Crippen LogP contribution in [0.15, 0.2) is 59.5 Å². The van der Waals surface area contributed by atoms with Crippen molar-refractivity contribution in [3.05, 3.63) is 177 Å². The molecular formula is C44H18BF28IOS. The van der Waals surface area contributed by atoms with Crippen molar-refractivity contribution in [2.45, 2.75) is 36.5 Å². The molecule has 0 radical (unpaired) electrons. The van der Waals surface area contributed by atoms with Gasteiger partial charge in [0, 0.05) is 12.4 Å². The Morgan fingerprint density at radius 2 is 0.658 bits per heavy atom. The first-order valence-electron chi connectivity index (χ1n) is 19.8. The molecule has 0 bridgehead atoms. The number of benzene rings is 6. The van der Waals surface area contributed by atoms with E-state index in [0.717, 1.165) is 19.0 Å². The van der Waals surface area contributed by atoms with Crippen LogP contribution in [0.4, 0.5) is 123 Å². The van der Waals surface area contributed by atoms with E-state index in [9.17, 15) is 87.8 Å². The minimum atomic E-state index is -8.89. The van der Waals surface area contributed by atoms with Gasteiger partial charge in [0.15, 0.2) is 73.4 Å². The van der Waals surface area contributed by atoms with E-state index >= 15 is 35.1 Å². The summed E-state index contributed by atoms with van der Waals surface area (Å²) in [5, 5.41) is 0. The fourth-order valence-corrected chi connectivity index (χ4v) is 11.6. The van der Waals surface area contributed by atoms with Gasteiger partial charge >= 0.3 is 45.9 Å². The topological polar surface area (TPSA) is 9.23 Å². The summed E-state index contributed by atoms with van der Waals surface area (Å²) in [7, 11) is 0. The van der Waals surface area contributed by atoms with E-state index < -0.39 is 168 Å². The molecule has 0 aliphatic carbocycles. The third-order valence-corrected chi connectivity index (χ3v) is 14.8. The molecule has 0 aliphatic rings. The molecule has 0 aliphatic heterocycles. The molecule has 6 aromatic rings. The average Bonchev–Trinajstić information content (AvgIpc) is 3.32. The van der Waals surface area contributed by atoms with Crippen molar-refractivity contribution in [2.75, 3.05) is 19.0 Å². The van der Waals surface area contributed by atoms with Crippen LogP contribution in [0.1, 0.15) is 29.2 Å². The Hall–Kier alpha value is -5.54. The van der Waals surface area contributed by atoms with Crippen LogP contribution in [0.25, 0.3) is 0 Å². The van der Waals surface area contributed by atoms with Crippen LogP contribution in [-0.4, -0.2) is 25.1 Å². The fraction of sp³-hybridized carbons (Fsp3) is 0.182. The SMILES string of the molecule is CCOCCSc1ccccc1[I+]c1ccccc1.Fc1c(F)c(F)c(C(F)(F)F)c([B-](c2c(F)c(F)c(F)c(F)c2C(F)(F)F)(c2c(F)c(F)c(F)c(F)c2C(F)(F)F)c2c(F)c(F)c(F)c(F)c2C(F)(F)F)c1F. The standard InChI is InChI=1S/C28BF28.C16H18IOS/c30-9-1(25(46,47)48)5(13(34)21(42)17(9)38)29(6-2(26(49,50)51)10(31)18(39)22(43)14(6)35,7-3(27(52,53)54)11(32)19(40)23(44)15(7)36)8-4(28(55,56)57)12(33)20(41)24(45)16(8)37;1-2-18-12-13-19-16-11-7-6-10-15(16)17-14-8-4-3-5-9-14/h;3-11H,2,12-13H2,1H3/q-1;+1. The minimum absolute atomic E-state index is 0.0807. The lowest BCUT2D eigenvalue weighted by atomic mass is 9.11. The predicted octanol–water partition coefficient (Wildman–Crippen LogP) is 10.3. The molecule has 0 atom stereocenters. The van der Waals surface area contributed by atoms with E-state index in [1.165, 1.54) is 12.0 Å². The van der Waals surface area contributed by atoms with Crippen LogP contribution in [0.2, 0.25) is 0 Å². The summed E-state index contributed by atoms with van der Waals surface area (Å²) in [6.45, 7) is 3.68. The molecule has 0 fully saturated rings. The van der Waals surface area contributed by atoms with Crippen LogP contribution in [0, 0.1) is 100 Å². The highest BCUT2D eigenvalue weighted by molar-refractivity contribution is 7.99. The molecule has 0 unspecified atom stereocenters. The van der Waals surface area contributed by atoms with Gasteiger partial charge in [0.05, 0.1) is 33.8 Å². The molecule has 0 saturated carbocycles. The van der Waals surface area contributed by atoms with E-state index in [2.05, 4.69) is 54.6 Å². The summed E-state index contributed by atoms with van der Waals surface area (Å²) < 4.78 is 426. The molecule has 6 rings (SSSR count). The van der Waals surface area contributed by atoms with Crippen molar-refractivity contribution < 1.29 is 149 Å². The first kappa shape index (κ1) is 61.3. The van der Waals surface area contributed by atoms with Gasteiger partial charge in [0.1, 0.15) is 29.4 Å². The highest BCUT2D eigenvalue weighted by Gasteiger charge is 2.59. The number of thioether (sulfide) groups is 1. The number of halogens is 29. The summed E-state index contributed by atoms with van der Waals surface area (Å²) in [5.41, 5.74) is -38.1. The van der Waals surface area contributed by atoms with Crippen molar-refractivity contribution in [3.8, 4) is 0 Å². The highest BCUT2D eigenvalue weighted by atomic mass is 127. The Bertz CT molecular complexity index is 2860. The maximum atomic E-state index is 16.0. The number of ether oxygens (including phenoxy) is 1. The quantitative estimate of drug-likeness (QED) is 0.0243. The van der Waals surface area contributed by atoms with Crippen LogP contribution in [0.3, 0.4) is 0 Å². The molecule has 1 nitrogen and oxygen atoms in total. The summed E-state index contributed by atoms with van der Waals surface area (Å²) >= 11 is 1.83. The maximum Gasteiger partial charge on any atom is 0.416 e. The van der Waals surface area contributed by atoms with Crippen molar-refractivity contribution in [1.29, 1.82) is 0 Å². The zero-order valence-corrected chi connectivity index (χ0v) is 39.1. The molecule has 0 N–H and O–H groups in total. The Balaban J connectivity index is 0.000000468. The Labute approximate surface area is 420 Å². The fourth-order valence-electron chi connectivity index (χ4n) is 7.79. The summed E-state index contributed by atoms with van der Waals surface area (Å²) in [5.74, 6) is -68.8. The van der Waals surface area contributed by atoms with Gasteiger partial charge in [0.25, 0.3) is 0 Å². The van der Waals surface area contributed by atoms with Gasteiger partial charge in [0.2, 0.25) is 3.57 Å². The van der Waals surface area contributed by atoms with E-state index in [1.54, 1.807) is 0 Å². The van der Waals surface area contributed by atoms with Crippen LogP contribution in [-0.2, 0) is 29.4 Å². The molecule has 76 heavy (non-hydrogen) atoms. The van der Waals surface area contributed by atoms with Gasteiger partial charge in [-0.2, -0.15) is 52.7 Å². The van der Waals surface area contributed by atoms with Crippen LogP contribution >= 0.6 is 11.8 Å². The zero-order chi connectivity index (χ0) is 57.7. The molecule has 32 heteroatoms. The number of hydrogen-bond acceptors (Lipinski definition) is 2. The molecule has 412 valence electrons. The Morgan fingerprint density at radius 1 is 0.382 bits per heavy atom. The molecule has 6 aromatic carbocycles. The molecule has 0 aromatic heterocycles. The molecule has 0 amide bonds. The summed E-state index contributed by atoms with van der Waals surface area (Å²) in [6.07, 6.45) is -39.5. The second-order valence-electron chi connectivity index (χ2n) is 14.9. The van der Waals surface area contributed by atoms with E-state index in [4.69, 9.17) is 4.74 Å². The van der Waals surface area contributed by atoms with E-state index in [1.807, 2.05) is 18.7 Å². The lowest BCUT2D eigenvalue weighted by molar-refractivity contribution is -0.601. The molecule has 0 heterocycles. The molecular weight excluding hydrogens is 1250 g/mol. The largest absolute Gasteiger partial charge is 0.416 e. The zero-order valence-electron chi connectivity index (χ0n) is 36.2. The second-order valence-corrected chi connectivity index (χ2v) is 19.0. The van der Waals surface area contributed by atoms with Gasteiger partial charge in [-0.15, -0.1) is 33.6 Å². The lowest BCUT2D eigenvalue weighted by Crippen LogP contribution is -3.61. The molecule has 0 spiro atoms. The van der Waals surface area contributed by atoms with Crippen molar-refractivity contribution in [1.82, 2.24) is 0 Å². The van der Waals surface area contributed by atoms with Crippen molar-refractivity contribution in [3.63, 3.8) is 0 Å². The van der Waals surface area contributed by atoms with Gasteiger partial charge in [-0.1, -0.05) is 30.3 Å². The predicted molar refractivity (Wildman–Crippen MR) is 207 cm³/mol. The van der Waals surface area contributed by atoms with Gasteiger partial charge < -0.3 is 4.74 Å². The number of hydrogen-bond donors (Lipinski definition) is 0. The van der Waals surface area contributed by atoms with Crippen LogP contribution < -0.4 is 43.1 Å². The van der Waals surface area contributed by atoms with Crippen molar-refractivity contribution in [2.24, 2.45) is 0 Å². The maximum absolute atomic E-state index is 16.0. The Kier molecular flexibility index (Phi) is 18.1. The number of alkyl halides is 12. The van der Waals surface area contributed by atoms with Crippen LogP contribution in [0.5, 0.6) is 0 Å². The van der Waals surface area contributed by atoms with Gasteiger partial charge in [-0.25, -0.2) is 70.2 Å². The summed E-state index contributed by atoms with van der Waals surface area (Å²) in [4.78, 5) is 1.42. The van der Waals surface area contributed by atoms with Crippen molar-refractivity contribution >= 4 is 39.8 Å². The van der Waals surface area contributed by atoms with E-state index in [-0.39, 0.29) is 21.2 Å². The minimum Gasteiger partial charge on any atom is -0.381 e. The Morgan fingerprint density at radius 3 is 0.947 bits per heavy atom. The third kappa shape index (κ3) is 11.1. The first-order valence-corrected chi connectivity index (χ1v) is 23.0.